The minimum Gasteiger partial charge on any atom is -0.497 e. The quantitative estimate of drug-likeness (QED) is 0.191. The topological polar surface area (TPSA) is 27.7 Å². The number of methoxy groups -OCH3 is 3. The second-order valence-electron chi connectivity index (χ2n) is 6.57. The van der Waals surface area contributed by atoms with E-state index in [1.807, 2.05) is 72.8 Å². The largest absolute Gasteiger partial charge is 2.00 e. The zero-order valence-electron chi connectivity index (χ0n) is 17.9. The third kappa shape index (κ3) is 6.92. The Balaban J connectivity index is 0.000000501. The Morgan fingerprint density at radius 1 is 0.742 bits per heavy atom. The molecule has 0 aliphatic rings. The van der Waals surface area contributed by atoms with E-state index in [1.165, 1.54) is 0 Å². The van der Waals surface area contributed by atoms with Crippen molar-refractivity contribution in [1.29, 1.82) is 0 Å². The predicted octanol–water partition coefficient (Wildman–Crippen LogP) is 6.42. The van der Waals surface area contributed by atoms with Gasteiger partial charge in [-0.05, 0) is 24.3 Å². The van der Waals surface area contributed by atoms with Gasteiger partial charge in [0.05, 0.1) is 21.3 Å². The van der Waals surface area contributed by atoms with E-state index < -0.39 is 0 Å². The van der Waals surface area contributed by atoms with Gasteiger partial charge in [-0.25, -0.2) is 12.1 Å². The van der Waals surface area contributed by atoms with Crippen molar-refractivity contribution in [3.05, 3.63) is 114 Å². The summed E-state index contributed by atoms with van der Waals surface area (Å²) in [4.78, 5) is 0. The van der Waals surface area contributed by atoms with Gasteiger partial charge in [-0.3, -0.25) is 0 Å². The standard InChI is InChI=1S/C22H21O3.C5H5.Fe/c1-23-19-10-8-18(9-11-19)22(17-6-4-5-7-17)14-16-12-20(24-2)15-21(13-16)25-3;1-2-4-5-3-1;/h4-15H,1-3H3;1-5H;/q2*-1;+2/b22-14+;;. The van der Waals surface area contributed by atoms with Crippen LogP contribution < -0.4 is 14.2 Å². The first kappa shape index (κ1) is 24.1. The molecule has 0 aliphatic carbocycles. The third-order valence-corrected chi connectivity index (χ3v) is 4.62. The number of rotatable bonds is 6. The monoisotopic (exact) mass is 454 g/mol. The molecule has 0 amide bonds. The Hall–Kier alpha value is -3.20. The fourth-order valence-electron chi connectivity index (χ4n) is 3.06. The van der Waals surface area contributed by atoms with Crippen LogP contribution in [-0.2, 0) is 17.1 Å². The smallest absolute Gasteiger partial charge is 0.497 e. The summed E-state index contributed by atoms with van der Waals surface area (Å²) in [5.74, 6) is 2.37. The third-order valence-electron chi connectivity index (χ3n) is 4.62. The molecule has 0 saturated carbocycles. The molecule has 0 radical (unpaired) electrons. The zero-order valence-corrected chi connectivity index (χ0v) is 19.0. The van der Waals surface area contributed by atoms with E-state index in [1.54, 1.807) is 21.3 Å². The minimum absolute atomic E-state index is 0. The van der Waals surface area contributed by atoms with E-state index in [9.17, 15) is 0 Å². The van der Waals surface area contributed by atoms with Crippen LogP contribution in [0.4, 0.5) is 0 Å². The molecule has 31 heavy (non-hydrogen) atoms. The molecular formula is C27H26FeO3. The van der Waals surface area contributed by atoms with Gasteiger partial charge in [-0.15, -0.1) is 23.8 Å². The molecule has 0 atom stereocenters. The van der Waals surface area contributed by atoms with E-state index in [0.717, 1.165) is 39.5 Å². The van der Waals surface area contributed by atoms with Crippen LogP contribution >= 0.6 is 0 Å². The average molecular weight is 454 g/mol. The van der Waals surface area contributed by atoms with Gasteiger partial charge in [0.1, 0.15) is 17.2 Å². The SMILES string of the molecule is COc1ccc(/C(=C/c2cc(OC)cc(OC)c2)[c-]2cccc2)cc1.[Fe+2].c1cc[cH-]c1. The Labute approximate surface area is 195 Å². The molecule has 0 unspecified atom stereocenters. The predicted molar refractivity (Wildman–Crippen MR) is 124 cm³/mol. The number of hydrogen-bond donors (Lipinski definition) is 0. The molecule has 160 valence electrons. The van der Waals surface area contributed by atoms with Gasteiger partial charge in [0.2, 0.25) is 0 Å². The molecule has 4 heteroatoms. The molecule has 0 bridgehead atoms. The minimum atomic E-state index is 0. The first-order chi connectivity index (χ1) is 14.7. The van der Waals surface area contributed by atoms with Crippen molar-refractivity contribution < 1.29 is 31.3 Å². The molecule has 0 heterocycles. The zero-order chi connectivity index (χ0) is 21.2. The first-order valence-electron chi connectivity index (χ1n) is 9.71. The molecule has 3 nitrogen and oxygen atoms in total. The van der Waals surface area contributed by atoms with Crippen molar-refractivity contribution in [1.82, 2.24) is 0 Å². The van der Waals surface area contributed by atoms with Crippen molar-refractivity contribution in [2.24, 2.45) is 0 Å². The summed E-state index contributed by atoms with van der Waals surface area (Å²) >= 11 is 0. The van der Waals surface area contributed by atoms with Crippen LogP contribution in [0, 0.1) is 0 Å². The summed E-state index contributed by atoms with van der Waals surface area (Å²) in [5.41, 5.74) is 4.42. The number of hydrogen-bond acceptors (Lipinski definition) is 3. The summed E-state index contributed by atoms with van der Waals surface area (Å²) < 4.78 is 16.0. The Morgan fingerprint density at radius 2 is 1.29 bits per heavy atom. The molecule has 0 fully saturated rings. The molecule has 4 aromatic rings. The summed E-state index contributed by atoms with van der Waals surface area (Å²) in [7, 11) is 4.99. The average Bonchev–Trinajstić information content (AvgIpc) is 3.54. The molecule has 0 aromatic heterocycles. The maximum Gasteiger partial charge on any atom is 2.00 e. The van der Waals surface area contributed by atoms with Gasteiger partial charge in [-0.2, -0.15) is 30.3 Å². The van der Waals surface area contributed by atoms with Crippen LogP contribution in [0.25, 0.3) is 11.6 Å². The fraction of sp³-hybridized carbons (Fsp3) is 0.111. The van der Waals surface area contributed by atoms with Crippen molar-refractivity contribution in [3.8, 4) is 17.2 Å². The molecule has 0 N–H and O–H groups in total. The van der Waals surface area contributed by atoms with E-state index in [-0.39, 0.29) is 17.1 Å². The van der Waals surface area contributed by atoms with Gasteiger partial charge in [0.25, 0.3) is 0 Å². The second kappa shape index (κ2) is 12.5. The number of benzene rings is 2. The summed E-state index contributed by atoms with van der Waals surface area (Å²) in [6.45, 7) is 0. The Kier molecular flexibility index (Phi) is 9.69. The van der Waals surface area contributed by atoms with Crippen molar-refractivity contribution in [3.63, 3.8) is 0 Å². The van der Waals surface area contributed by atoms with Crippen LogP contribution in [0.1, 0.15) is 16.7 Å². The molecule has 4 aromatic carbocycles. The maximum atomic E-state index is 5.38. The van der Waals surface area contributed by atoms with Gasteiger partial charge in [-0.1, -0.05) is 28.8 Å². The van der Waals surface area contributed by atoms with Gasteiger partial charge >= 0.3 is 17.1 Å². The van der Waals surface area contributed by atoms with Gasteiger partial charge < -0.3 is 14.2 Å². The second-order valence-corrected chi connectivity index (χ2v) is 6.57. The van der Waals surface area contributed by atoms with E-state index in [0.29, 0.717) is 0 Å². The first-order valence-corrected chi connectivity index (χ1v) is 9.71. The molecular weight excluding hydrogens is 428 g/mol. The molecule has 0 spiro atoms. The normalized spacial score (nSPS) is 10.4. The van der Waals surface area contributed by atoms with Crippen molar-refractivity contribution >= 4 is 11.6 Å². The van der Waals surface area contributed by atoms with Crippen molar-refractivity contribution in [2.75, 3.05) is 21.3 Å². The van der Waals surface area contributed by atoms with Crippen LogP contribution in [0.3, 0.4) is 0 Å². The van der Waals surface area contributed by atoms with Crippen LogP contribution in [-0.4, -0.2) is 21.3 Å². The summed E-state index contributed by atoms with van der Waals surface area (Å²) in [6, 6.07) is 32.2. The van der Waals surface area contributed by atoms with Gasteiger partial charge in [0, 0.05) is 6.07 Å². The van der Waals surface area contributed by atoms with Gasteiger partial charge in [0.15, 0.2) is 0 Å². The Bertz CT molecular complexity index is 991. The van der Waals surface area contributed by atoms with Crippen LogP contribution in [0.15, 0.2) is 97.1 Å². The van der Waals surface area contributed by atoms with E-state index in [2.05, 4.69) is 30.3 Å². The van der Waals surface area contributed by atoms with Crippen LogP contribution in [0.5, 0.6) is 17.2 Å². The molecule has 0 saturated heterocycles. The fourth-order valence-corrected chi connectivity index (χ4v) is 3.06. The molecule has 4 rings (SSSR count). The Morgan fingerprint density at radius 3 is 1.74 bits per heavy atom. The van der Waals surface area contributed by atoms with Crippen molar-refractivity contribution in [2.45, 2.75) is 0 Å². The number of ether oxygens (including phenoxy) is 3. The van der Waals surface area contributed by atoms with E-state index >= 15 is 0 Å². The molecule has 0 aliphatic heterocycles. The maximum absolute atomic E-state index is 5.38. The summed E-state index contributed by atoms with van der Waals surface area (Å²) in [5, 5.41) is 0. The van der Waals surface area contributed by atoms with Crippen LogP contribution in [0.2, 0.25) is 0 Å². The van der Waals surface area contributed by atoms with E-state index in [4.69, 9.17) is 14.2 Å². The summed E-state index contributed by atoms with van der Waals surface area (Å²) in [6.07, 6.45) is 2.14.